The Labute approximate surface area is 138 Å². The van der Waals surface area contributed by atoms with Crippen LogP contribution in [0.3, 0.4) is 0 Å². The first-order valence-corrected chi connectivity index (χ1v) is 12.7. The summed E-state index contributed by atoms with van der Waals surface area (Å²) in [6.45, 7) is 4.95. The van der Waals surface area contributed by atoms with Gasteiger partial charge in [0.25, 0.3) is 0 Å². The minimum absolute atomic E-state index is 0.219. The monoisotopic (exact) mass is 329 g/mol. The minimum atomic E-state index is -1.21. The molecule has 3 heteroatoms. The van der Waals surface area contributed by atoms with Crippen molar-refractivity contribution in [2.24, 2.45) is 0 Å². The van der Waals surface area contributed by atoms with Crippen molar-refractivity contribution in [2.45, 2.75) is 25.6 Å². The molecular weight excluding hydrogens is 301 g/mol. The largest absolute Gasteiger partial charge is 0.329 e. The van der Waals surface area contributed by atoms with Crippen molar-refractivity contribution in [3.63, 3.8) is 0 Å². The molecule has 0 radical (unpaired) electrons. The number of hydrogen-bond donors (Lipinski definition) is 0. The molecule has 0 atom stereocenters. The molecule has 0 aliphatic rings. The number of hydrogen-bond acceptors (Lipinski definition) is 1. The molecule has 0 spiro atoms. The topological polar surface area (TPSA) is 3.24 Å². The highest BCUT2D eigenvalue weighted by molar-refractivity contribution is 7.73. The van der Waals surface area contributed by atoms with Crippen LogP contribution in [-0.2, 0) is 0 Å². The first-order chi connectivity index (χ1) is 10.5. The fraction of sp³-hybridized carbons (Fsp3) is 0.368. The lowest BCUT2D eigenvalue weighted by Gasteiger charge is -2.31. The normalized spacial score (nSPS) is 12.1. The maximum atomic E-state index is 2.47. The first kappa shape index (κ1) is 17.4. The van der Waals surface area contributed by atoms with Crippen LogP contribution in [0.25, 0.3) is 0 Å². The predicted octanol–water partition coefficient (Wildman–Crippen LogP) is 4.28. The van der Waals surface area contributed by atoms with Gasteiger partial charge in [-0.1, -0.05) is 73.8 Å². The predicted molar refractivity (Wildman–Crippen MR) is 105 cm³/mol. The van der Waals surface area contributed by atoms with Gasteiger partial charge in [0.2, 0.25) is 0 Å². The molecule has 2 aromatic carbocycles. The summed E-state index contributed by atoms with van der Waals surface area (Å²) in [4.78, 5) is 0. The summed E-state index contributed by atoms with van der Waals surface area (Å²) < 4.78 is 2.47. The molecule has 0 saturated carbocycles. The van der Waals surface area contributed by atoms with Crippen LogP contribution in [0.15, 0.2) is 60.7 Å². The third kappa shape index (κ3) is 4.77. The molecule has 2 aromatic rings. The summed E-state index contributed by atoms with van der Waals surface area (Å²) in [6, 6.07) is 23.5. The zero-order chi connectivity index (χ0) is 16.0. The Bertz CT molecular complexity index is 515. The van der Waals surface area contributed by atoms with Gasteiger partial charge in [-0.2, -0.15) is 0 Å². The smallest absolute Gasteiger partial charge is 0.121 e. The summed E-state index contributed by atoms with van der Waals surface area (Å²) in [5, 5.41) is 3.01. The second-order valence-electron chi connectivity index (χ2n) is 6.63. The van der Waals surface area contributed by atoms with E-state index in [4.69, 9.17) is 0 Å². The fourth-order valence-electron chi connectivity index (χ4n) is 2.52. The standard InChI is InChI=1S/C19H28NPSi/c1-20(2)22(3,4)17-11-16-21(18-12-7-5-8-13-18)19-14-9-6-10-15-19/h5-10,12-15H,11,16-17H2,1-4H3. The lowest BCUT2D eigenvalue weighted by molar-refractivity contribution is 0.614. The van der Waals surface area contributed by atoms with Crippen LogP contribution >= 0.6 is 7.92 Å². The summed E-state index contributed by atoms with van der Waals surface area (Å²) in [5.74, 6) is 0. The van der Waals surface area contributed by atoms with Gasteiger partial charge in [-0.15, -0.1) is 0 Å². The molecule has 0 aliphatic carbocycles. The molecule has 0 fully saturated rings. The third-order valence-corrected chi connectivity index (χ3v) is 11.1. The lowest BCUT2D eigenvalue weighted by Crippen LogP contribution is -2.43. The summed E-state index contributed by atoms with van der Waals surface area (Å²) in [5.41, 5.74) is 0. The first-order valence-electron chi connectivity index (χ1n) is 8.06. The highest BCUT2D eigenvalue weighted by Gasteiger charge is 2.24. The highest BCUT2D eigenvalue weighted by atomic mass is 31.1. The van der Waals surface area contributed by atoms with E-state index in [-0.39, 0.29) is 7.92 Å². The Morgan fingerprint density at radius 2 is 1.27 bits per heavy atom. The number of benzene rings is 2. The van der Waals surface area contributed by atoms with E-state index in [1.165, 1.54) is 29.2 Å². The Morgan fingerprint density at radius 3 is 1.68 bits per heavy atom. The van der Waals surface area contributed by atoms with Crippen LogP contribution in [0.2, 0.25) is 19.1 Å². The zero-order valence-electron chi connectivity index (χ0n) is 14.3. The lowest BCUT2D eigenvalue weighted by atomic mass is 10.4. The van der Waals surface area contributed by atoms with E-state index in [0.29, 0.717) is 0 Å². The van der Waals surface area contributed by atoms with E-state index in [2.05, 4.69) is 92.4 Å². The number of rotatable bonds is 7. The van der Waals surface area contributed by atoms with Crippen LogP contribution in [0, 0.1) is 0 Å². The van der Waals surface area contributed by atoms with Crippen molar-refractivity contribution in [2.75, 3.05) is 20.3 Å². The molecule has 0 heterocycles. The van der Waals surface area contributed by atoms with Gasteiger partial charge in [-0.05, 0) is 51.3 Å². The zero-order valence-corrected chi connectivity index (χ0v) is 16.2. The summed E-state index contributed by atoms with van der Waals surface area (Å²) in [7, 11) is 3.05. The molecule has 0 unspecified atom stereocenters. The van der Waals surface area contributed by atoms with Gasteiger partial charge in [0.15, 0.2) is 0 Å². The van der Waals surface area contributed by atoms with Crippen LogP contribution in [0.4, 0.5) is 0 Å². The van der Waals surface area contributed by atoms with E-state index in [1.54, 1.807) is 0 Å². The van der Waals surface area contributed by atoms with Crippen LogP contribution in [0.5, 0.6) is 0 Å². The van der Waals surface area contributed by atoms with Crippen molar-refractivity contribution >= 4 is 26.8 Å². The van der Waals surface area contributed by atoms with E-state index >= 15 is 0 Å². The van der Waals surface area contributed by atoms with E-state index in [1.807, 2.05) is 0 Å². The Hall–Kier alpha value is -0.953. The van der Waals surface area contributed by atoms with Crippen molar-refractivity contribution < 1.29 is 0 Å². The molecular formula is C19H28NPSi. The van der Waals surface area contributed by atoms with Gasteiger partial charge in [-0.25, -0.2) is 0 Å². The molecule has 0 N–H and O–H groups in total. The molecule has 118 valence electrons. The molecule has 0 saturated heterocycles. The van der Waals surface area contributed by atoms with Crippen LogP contribution < -0.4 is 10.6 Å². The summed E-state index contributed by atoms with van der Waals surface area (Å²) >= 11 is 0. The van der Waals surface area contributed by atoms with Gasteiger partial charge in [0.05, 0.1) is 0 Å². The molecule has 1 nitrogen and oxygen atoms in total. The Morgan fingerprint density at radius 1 is 0.818 bits per heavy atom. The van der Waals surface area contributed by atoms with E-state index in [0.717, 1.165) is 0 Å². The van der Waals surface area contributed by atoms with Gasteiger partial charge >= 0.3 is 0 Å². The van der Waals surface area contributed by atoms with Crippen molar-refractivity contribution in [1.82, 2.24) is 4.57 Å². The van der Waals surface area contributed by atoms with Gasteiger partial charge in [-0.3, -0.25) is 0 Å². The molecule has 0 aliphatic heterocycles. The molecule has 22 heavy (non-hydrogen) atoms. The molecule has 2 rings (SSSR count). The van der Waals surface area contributed by atoms with Gasteiger partial charge < -0.3 is 4.57 Å². The average Bonchev–Trinajstić information content (AvgIpc) is 2.53. The number of nitrogens with zero attached hydrogens (tertiary/aromatic N) is 1. The summed E-state index contributed by atoms with van der Waals surface area (Å²) in [6.07, 6.45) is 2.63. The molecule has 0 amide bonds. The highest BCUT2D eigenvalue weighted by Crippen LogP contribution is 2.35. The van der Waals surface area contributed by atoms with Crippen LogP contribution in [0.1, 0.15) is 6.42 Å². The Kier molecular flexibility index (Phi) is 6.37. The van der Waals surface area contributed by atoms with Gasteiger partial charge in [0, 0.05) is 0 Å². The second-order valence-corrected chi connectivity index (χ2v) is 14.0. The third-order valence-electron chi connectivity index (χ3n) is 4.52. The minimum Gasteiger partial charge on any atom is -0.329 e. The van der Waals surface area contributed by atoms with Crippen molar-refractivity contribution in [3.8, 4) is 0 Å². The maximum Gasteiger partial charge on any atom is 0.121 e. The fourth-order valence-corrected chi connectivity index (χ4v) is 6.66. The second kappa shape index (κ2) is 8.06. The van der Waals surface area contributed by atoms with Gasteiger partial charge in [0.1, 0.15) is 8.24 Å². The van der Waals surface area contributed by atoms with Crippen LogP contribution in [-0.4, -0.2) is 33.1 Å². The van der Waals surface area contributed by atoms with Crippen molar-refractivity contribution in [1.29, 1.82) is 0 Å². The molecule has 0 bridgehead atoms. The maximum absolute atomic E-state index is 2.47. The Balaban J connectivity index is 2.10. The van der Waals surface area contributed by atoms with Crippen molar-refractivity contribution in [3.05, 3.63) is 60.7 Å². The average molecular weight is 330 g/mol. The SMILES string of the molecule is CN(C)[Si](C)(C)CCCP(c1ccccc1)c1ccccc1. The quantitative estimate of drug-likeness (QED) is 0.541. The van der Waals surface area contributed by atoms with E-state index < -0.39 is 8.24 Å². The molecule has 0 aromatic heterocycles. The van der Waals surface area contributed by atoms with E-state index in [9.17, 15) is 0 Å².